The maximum Gasteiger partial charge on any atom is 0.324 e. The van der Waals surface area contributed by atoms with Crippen molar-refractivity contribution in [1.29, 1.82) is 0 Å². The van der Waals surface area contributed by atoms with Crippen molar-refractivity contribution in [2.24, 2.45) is 0 Å². The second-order valence-electron chi connectivity index (χ2n) is 4.76. The van der Waals surface area contributed by atoms with E-state index in [-0.39, 0.29) is 17.2 Å². The van der Waals surface area contributed by atoms with E-state index in [1.165, 1.54) is 16.7 Å². The number of nitrogens with one attached hydrogen (secondary N) is 1. The molecule has 22 heavy (non-hydrogen) atoms. The summed E-state index contributed by atoms with van der Waals surface area (Å²) in [5.41, 5.74) is 0. The normalized spacial score (nSPS) is 15.4. The van der Waals surface area contributed by atoms with Crippen LogP contribution < -0.4 is 14.8 Å². The third-order valence-corrected chi connectivity index (χ3v) is 4.35. The van der Waals surface area contributed by atoms with E-state index in [1.807, 2.05) is 31.2 Å². The fourth-order valence-electron chi connectivity index (χ4n) is 2.03. The minimum Gasteiger partial charge on any atom is -0.497 e. The van der Waals surface area contributed by atoms with Crippen molar-refractivity contribution < 1.29 is 19.1 Å². The Labute approximate surface area is 134 Å². The van der Waals surface area contributed by atoms with Gasteiger partial charge < -0.3 is 14.8 Å². The first-order chi connectivity index (χ1) is 10.6. The number of thioether (sulfide) groups is 1. The van der Waals surface area contributed by atoms with Gasteiger partial charge in [-0.1, -0.05) is 0 Å². The van der Waals surface area contributed by atoms with Gasteiger partial charge in [-0.3, -0.25) is 9.69 Å². The number of benzene rings is 1. The molecular weight excluding hydrogens is 304 g/mol. The van der Waals surface area contributed by atoms with E-state index < -0.39 is 0 Å². The van der Waals surface area contributed by atoms with Crippen molar-refractivity contribution in [2.75, 3.05) is 32.6 Å². The summed E-state index contributed by atoms with van der Waals surface area (Å²) in [5.74, 6) is 2.07. The summed E-state index contributed by atoms with van der Waals surface area (Å²) >= 11 is 1.48. The number of ether oxygens (including phenoxy) is 2. The second kappa shape index (κ2) is 7.93. The SMILES string of the molecule is COc1ccc(OCCS[C@H](C)C(=O)N2CCNC2=O)cc1. The zero-order valence-corrected chi connectivity index (χ0v) is 13.5. The molecule has 120 valence electrons. The Morgan fingerprint density at radius 2 is 2.05 bits per heavy atom. The van der Waals surface area contributed by atoms with Crippen LogP contribution in [-0.4, -0.2) is 54.6 Å². The summed E-state index contributed by atoms with van der Waals surface area (Å²) in [6.07, 6.45) is 0. The Hall–Kier alpha value is -1.89. The van der Waals surface area contributed by atoms with Gasteiger partial charge in [0.1, 0.15) is 11.5 Å². The van der Waals surface area contributed by atoms with Crippen LogP contribution in [0.1, 0.15) is 6.92 Å². The number of hydrogen-bond acceptors (Lipinski definition) is 5. The second-order valence-corrected chi connectivity index (χ2v) is 6.21. The number of rotatable bonds is 7. The molecule has 1 saturated heterocycles. The van der Waals surface area contributed by atoms with Gasteiger partial charge in [-0.15, -0.1) is 11.8 Å². The minimum absolute atomic E-state index is 0.149. The van der Waals surface area contributed by atoms with Crippen LogP contribution in [0.3, 0.4) is 0 Å². The lowest BCUT2D eigenvalue weighted by molar-refractivity contribution is -0.126. The first-order valence-corrected chi connectivity index (χ1v) is 8.14. The maximum atomic E-state index is 12.1. The van der Waals surface area contributed by atoms with Crippen LogP contribution >= 0.6 is 11.8 Å². The Bertz CT molecular complexity index is 521. The molecule has 1 N–H and O–H groups in total. The summed E-state index contributed by atoms with van der Waals surface area (Å²) in [4.78, 5) is 24.8. The van der Waals surface area contributed by atoms with Crippen LogP contribution in [0.15, 0.2) is 24.3 Å². The van der Waals surface area contributed by atoms with Gasteiger partial charge >= 0.3 is 6.03 Å². The molecule has 1 aromatic rings. The van der Waals surface area contributed by atoms with E-state index in [0.717, 1.165) is 11.5 Å². The first kappa shape index (κ1) is 16.5. The molecule has 0 bridgehead atoms. The lowest BCUT2D eigenvalue weighted by atomic mass is 10.3. The van der Waals surface area contributed by atoms with Crippen molar-refractivity contribution >= 4 is 23.7 Å². The van der Waals surface area contributed by atoms with Crippen LogP contribution in [-0.2, 0) is 4.79 Å². The van der Waals surface area contributed by atoms with E-state index in [0.29, 0.717) is 25.4 Å². The summed E-state index contributed by atoms with van der Waals surface area (Å²) < 4.78 is 10.7. The molecule has 0 aliphatic carbocycles. The number of carbonyl (C=O) groups excluding carboxylic acids is 2. The molecule has 1 heterocycles. The largest absolute Gasteiger partial charge is 0.497 e. The monoisotopic (exact) mass is 324 g/mol. The molecule has 1 fully saturated rings. The van der Waals surface area contributed by atoms with Crippen molar-refractivity contribution in [3.8, 4) is 11.5 Å². The molecule has 1 aromatic carbocycles. The van der Waals surface area contributed by atoms with E-state index in [2.05, 4.69) is 5.32 Å². The van der Waals surface area contributed by atoms with Crippen LogP contribution in [0, 0.1) is 0 Å². The lowest BCUT2D eigenvalue weighted by Crippen LogP contribution is -2.39. The van der Waals surface area contributed by atoms with Gasteiger partial charge in [0.05, 0.1) is 19.0 Å². The third kappa shape index (κ3) is 4.30. The number of hydrogen-bond donors (Lipinski definition) is 1. The predicted molar refractivity (Wildman–Crippen MR) is 85.5 cm³/mol. The number of imide groups is 1. The Morgan fingerprint density at radius 3 is 2.64 bits per heavy atom. The highest BCUT2D eigenvalue weighted by Gasteiger charge is 2.29. The molecule has 7 heteroatoms. The molecule has 0 radical (unpaired) electrons. The zero-order chi connectivity index (χ0) is 15.9. The summed E-state index contributed by atoms with van der Waals surface area (Å²) in [6, 6.07) is 7.05. The Kier molecular flexibility index (Phi) is 5.94. The average molecular weight is 324 g/mol. The summed E-state index contributed by atoms with van der Waals surface area (Å²) in [5, 5.41) is 2.36. The van der Waals surface area contributed by atoms with Gasteiger partial charge in [-0.25, -0.2) is 4.79 Å². The van der Waals surface area contributed by atoms with Crippen molar-refractivity contribution in [1.82, 2.24) is 10.2 Å². The summed E-state index contributed by atoms with van der Waals surface area (Å²) in [6.45, 7) is 3.29. The Balaban J connectivity index is 1.69. The van der Waals surface area contributed by atoms with Crippen molar-refractivity contribution in [2.45, 2.75) is 12.2 Å². The topological polar surface area (TPSA) is 67.9 Å². The summed E-state index contributed by atoms with van der Waals surface area (Å²) in [7, 11) is 1.62. The average Bonchev–Trinajstić information content (AvgIpc) is 2.97. The molecule has 1 aliphatic rings. The zero-order valence-electron chi connectivity index (χ0n) is 12.7. The van der Waals surface area contributed by atoms with Crippen molar-refractivity contribution in [3.63, 3.8) is 0 Å². The van der Waals surface area contributed by atoms with E-state index in [1.54, 1.807) is 7.11 Å². The van der Waals surface area contributed by atoms with E-state index >= 15 is 0 Å². The van der Waals surface area contributed by atoms with Crippen LogP contribution in [0.2, 0.25) is 0 Å². The van der Waals surface area contributed by atoms with E-state index in [9.17, 15) is 9.59 Å². The third-order valence-electron chi connectivity index (χ3n) is 3.25. The van der Waals surface area contributed by atoms with Gasteiger partial charge in [0.2, 0.25) is 5.91 Å². The molecule has 0 saturated carbocycles. The number of carbonyl (C=O) groups is 2. The van der Waals surface area contributed by atoms with Gasteiger partial charge in [-0.05, 0) is 31.2 Å². The van der Waals surface area contributed by atoms with Gasteiger partial charge in [-0.2, -0.15) is 0 Å². The number of nitrogens with zero attached hydrogens (tertiary/aromatic N) is 1. The number of methoxy groups -OCH3 is 1. The highest BCUT2D eigenvalue weighted by Crippen LogP contribution is 2.18. The van der Waals surface area contributed by atoms with Crippen LogP contribution in [0.5, 0.6) is 11.5 Å². The van der Waals surface area contributed by atoms with E-state index in [4.69, 9.17) is 9.47 Å². The molecule has 6 nitrogen and oxygen atoms in total. The van der Waals surface area contributed by atoms with Gasteiger partial charge in [0.25, 0.3) is 0 Å². The highest BCUT2D eigenvalue weighted by molar-refractivity contribution is 8.00. The van der Waals surface area contributed by atoms with Crippen LogP contribution in [0.4, 0.5) is 4.79 Å². The number of amides is 3. The quantitative estimate of drug-likeness (QED) is 0.774. The predicted octanol–water partition coefficient (Wildman–Crippen LogP) is 1.75. The molecule has 0 spiro atoms. The molecule has 2 rings (SSSR count). The minimum atomic E-state index is -0.299. The molecule has 0 unspecified atom stereocenters. The molecular formula is C15H20N2O4S. The van der Waals surface area contributed by atoms with Crippen LogP contribution in [0.25, 0.3) is 0 Å². The smallest absolute Gasteiger partial charge is 0.324 e. The first-order valence-electron chi connectivity index (χ1n) is 7.09. The molecule has 3 amide bonds. The van der Waals surface area contributed by atoms with Gasteiger partial charge in [0.15, 0.2) is 0 Å². The number of urea groups is 1. The standard InChI is InChI=1S/C15H20N2O4S/c1-11(14(18)17-8-7-16-15(17)19)22-10-9-21-13-5-3-12(20-2)4-6-13/h3-6,11H,7-10H2,1-2H3,(H,16,19)/t11-/m1/s1. The molecule has 0 aromatic heterocycles. The highest BCUT2D eigenvalue weighted by atomic mass is 32.2. The molecule has 1 atom stereocenters. The lowest BCUT2D eigenvalue weighted by Gasteiger charge is -2.17. The maximum absolute atomic E-state index is 12.1. The Morgan fingerprint density at radius 1 is 1.36 bits per heavy atom. The van der Waals surface area contributed by atoms with Crippen molar-refractivity contribution in [3.05, 3.63) is 24.3 Å². The fraction of sp³-hybridized carbons (Fsp3) is 0.467. The fourth-order valence-corrected chi connectivity index (χ4v) is 2.83. The molecule has 1 aliphatic heterocycles. The van der Waals surface area contributed by atoms with Gasteiger partial charge in [0, 0.05) is 18.8 Å².